The number of carbonyl (C=O) groups is 2. The number of hydrogen-bond donors (Lipinski definition) is 1. The number of amides is 2. The van der Waals surface area contributed by atoms with Crippen LogP contribution >= 0.6 is 0 Å². The zero-order valence-corrected chi connectivity index (χ0v) is 24.7. The van der Waals surface area contributed by atoms with E-state index in [9.17, 15) is 14.0 Å². The molecule has 0 bridgehead atoms. The van der Waals surface area contributed by atoms with Gasteiger partial charge in [0.2, 0.25) is 0 Å². The number of halogens is 1. The summed E-state index contributed by atoms with van der Waals surface area (Å²) in [7, 11) is 0. The Balaban J connectivity index is 1.22. The number of rotatable bonds is 7. The van der Waals surface area contributed by atoms with Crippen molar-refractivity contribution in [2.45, 2.75) is 32.9 Å². The van der Waals surface area contributed by atoms with Crippen molar-refractivity contribution in [3.8, 4) is 11.3 Å². The van der Waals surface area contributed by atoms with Crippen LogP contribution in [0, 0.1) is 5.82 Å². The zero-order valence-electron chi connectivity index (χ0n) is 24.7. The van der Waals surface area contributed by atoms with Crippen molar-refractivity contribution in [2.75, 3.05) is 65.6 Å². The van der Waals surface area contributed by atoms with E-state index >= 15 is 0 Å². The summed E-state index contributed by atoms with van der Waals surface area (Å²) in [4.78, 5) is 36.7. The molecule has 1 N–H and O–H groups in total. The molecule has 5 rings (SSSR count). The molecule has 2 saturated heterocycles. The number of fused-ring (bicyclic) bond motifs is 1. The predicted molar refractivity (Wildman–Crippen MR) is 160 cm³/mol. The van der Waals surface area contributed by atoms with Crippen LogP contribution in [0.15, 0.2) is 48.5 Å². The van der Waals surface area contributed by atoms with Gasteiger partial charge in [-0.25, -0.2) is 14.2 Å². The van der Waals surface area contributed by atoms with Crippen LogP contribution in [0.4, 0.5) is 9.18 Å². The first-order valence-corrected chi connectivity index (χ1v) is 14.6. The Morgan fingerprint density at radius 3 is 2.36 bits per heavy atom. The summed E-state index contributed by atoms with van der Waals surface area (Å²) >= 11 is 0. The summed E-state index contributed by atoms with van der Waals surface area (Å²) in [6.07, 6.45) is -0.296. The Morgan fingerprint density at radius 1 is 0.952 bits per heavy atom. The molecule has 0 aliphatic carbocycles. The molecule has 0 atom stereocenters. The van der Waals surface area contributed by atoms with Crippen LogP contribution in [-0.4, -0.2) is 103 Å². The first-order chi connectivity index (χ1) is 20.1. The van der Waals surface area contributed by atoms with Crippen molar-refractivity contribution >= 4 is 22.9 Å². The quantitative estimate of drug-likeness (QED) is 0.451. The number of carbonyl (C=O) groups excluding carboxylic acids is 2. The van der Waals surface area contributed by atoms with Gasteiger partial charge in [-0.1, -0.05) is 24.3 Å². The van der Waals surface area contributed by atoms with Crippen molar-refractivity contribution in [2.24, 2.45) is 0 Å². The average molecular weight is 578 g/mol. The number of pyridine rings is 1. The maximum Gasteiger partial charge on any atom is 0.410 e. The number of ether oxygens (including phenoxy) is 2. The Labute approximate surface area is 246 Å². The average Bonchev–Trinajstić information content (AvgIpc) is 2.97. The number of nitrogens with one attached hydrogen (secondary N) is 1. The van der Waals surface area contributed by atoms with Gasteiger partial charge in [-0.2, -0.15) is 0 Å². The second-order valence-corrected chi connectivity index (χ2v) is 11.9. The van der Waals surface area contributed by atoms with Gasteiger partial charge in [-0.15, -0.1) is 0 Å². The van der Waals surface area contributed by atoms with Crippen LogP contribution in [0.3, 0.4) is 0 Å². The van der Waals surface area contributed by atoms with E-state index in [0.717, 1.165) is 38.4 Å². The molecule has 0 radical (unpaired) electrons. The molecule has 0 saturated carbocycles. The minimum absolute atomic E-state index is 0.273. The summed E-state index contributed by atoms with van der Waals surface area (Å²) in [6.45, 7) is 13.4. The minimum Gasteiger partial charge on any atom is -0.444 e. The van der Waals surface area contributed by atoms with Gasteiger partial charge in [-0.3, -0.25) is 14.6 Å². The Morgan fingerprint density at radius 2 is 1.67 bits per heavy atom. The standard InChI is InChI=1S/C32H40FN5O4/c1-32(2,3)42-31(40)38-14-12-36(13-15-38)11-10-34-30(39)27-21-29(35-28-9-8-25(33)20-26(27)28)24-6-4-23(5-7-24)22-37-16-18-41-19-17-37/h4-9,20-21H,10-19,22H2,1-3H3,(H,34,39). The fourth-order valence-electron chi connectivity index (χ4n) is 5.24. The van der Waals surface area contributed by atoms with Crippen LogP contribution in [0.1, 0.15) is 36.7 Å². The molecule has 2 aliphatic rings. The van der Waals surface area contributed by atoms with Gasteiger partial charge in [0, 0.05) is 69.9 Å². The highest BCUT2D eigenvalue weighted by Crippen LogP contribution is 2.26. The van der Waals surface area contributed by atoms with Gasteiger partial charge in [0.05, 0.1) is 30.0 Å². The molecule has 0 spiro atoms. The third-order valence-electron chi connectivity index (χ3n) is 7.51. The molecule has 3 aromatic rings. The lowest BCUT2D eigenvalue weighted by Crippen LogP contribution is -2.51. The maximum atomic E-state index is 14.2. The van der Waals surface area contributed by atoms with Gasteiger partial charge in [0.15, 0.2) is 0 Å². The molecule has 2 aliphatic heterocycles. The fourth-order valence-corrected chi connectivity index (χ4v) is 5.24. The molecule has 2 amide bonds. The van der Waals surface area contributed by atoms with Gasteiger partial charge in [-0.05, 0) is 50.6 Å². The SMILES string of the molecule is CC(C)(C)OC(=O)N1CCN(CCNC(=O)c2cc(-c3ccc(CN4CCOCC4)cc3)nc3ccc(F)cc23)CC1. The Kier molecular flexibility index (Phi) is 9.35. The first kappa shape index (κ1) is 29.9. The van der Waals surface area contributed by atoms with Gasteiger partial charge in [0.1, 0.15) is 11.4 Å². The summed E-state index contributed by atoms with van der Waals surface area (Å²) in [6, 6.07) is 14.3. The first-order valence-electron chi connectivity index (χ1n) is 14.6. The number of morpholine rings is 1. The van der Waals surface area contributed by atoms with E-state index in [1.807, 2.05) is 32.9 Å². The molecule has 2 fully saturated rings. The van der Waals surface area contributed by atoms with Crippen molar-refractivity contribution < 1.29 is 23.5 Å². The minimum atomic E-state index is -0.523. The lowest BCUT2D eigenvalue weighted by atomic mass is 10.0. The molecule has 224 valence electrons. The van der Waals surface area contributed by atoms with E-state index < -0.39 is 11.4 Å². The largest absolute Gasteiger partial charge is 0.444 e. The molecule has 42 heavy (non-hydrogen) atoms. The van der Waals surface area contributed by atoms with Crippen molar-refractivity contribution in [1.29, 1.82) is 0 Å². The highest BCUT2D eigenvalue weighted by atomic mass is 19.1. The van der Waals surface area contributed by atoms with E-state index in [4.69, 9.17) is 14.5 Å². The second-order valence-electron chi connectivity index (χ2n) is 11.9. The molecule has 10 heteroatoms. The second kappa shape index (κ2) is 13.1. The molecule has 1 aromatic heterocycles. The molecule has 9 nitrogen and oxygen atoms in total. The topological polar surface area (TPSA) is 87.2 Å². The summed E-state index contributed by atoms with van der Waals surface area (Å²) in [5, 5.41) is 3.48. The van der Waals surface area contributed by atoms with Gasteiger partial charge in [0.25, 0.3) is 5.91 Å². The third kappa shape index (κ3) is 7.81. The lowest BCUT2D eigenvalue weighted by molar-refractivity contribution is 0.0147. The molecule has 0 unspecified atom stereocenters. The highest BCUT2D eigenvalue weighted by molar-refractivity contribution is 6.07. The van der Waals surface area contributed by atoms with Gasteiger partial charge >= 0.3 is 6.09 Å². The van der Waals surface area contributed by atoms with Crippen LogP contribution in [0.2, 0.25) is 0 Å². The molecule has 2 aromatic carbocycles. The van der Waals surface area contributed by atoms with E-state index in [2.05, 4.69) is 27.2 Å². The lowest BCUT2D eigenvalue weighted by Gasteiger charge is -2.35. The number of nitrogens with zero attached hydrogens (tertiary/aromatic N) is 4. The summed E-state index contributed by atoms with van der Waals surface area (Å²) in [5.41, 5.74) is 3.19. The smallest absolute Gasteiger partial charge is 0.410 e. The van der Waals surface area contributed by atoms with E-state index in [0.29, 0.717) is 61.4 Å². The molecular formula is C32H40FN5O4. The summed E-state index contributed by atoms with van der Waals surface area (Å²) in [5.74, 6) is -0.688. The number of benzene rings is 2. The normalized spacial score (nSPS) is 16.9. The number of piperazine rings is 1. The van der Waals surface area contributed by atoms with Crippen molar-refractivity contribution in [3.05, 3.63) is 65.5 Å². The van der Waals surface area contributed by atoms with E-state index in [-0.39, 0.29) is 12.0 Å². The highest BCUT2D eigenvalue weighted by Gasteiger charge is 2.26. The van der Waals surface area contributed by atoms with Gasteiger partial charge < -0.3 is 19.7 Å². The Bertz CT molecular complexity index is 1390. The Hall–Kier alpha value is -3.60. The van der Waals surface area contributed by atoms with Crippen LogP contribution in [0.25, 0.3) is 22.2 Å². The van der Waals surface area contributed by atoms with Crippen LogP contribution in [0.5, 0.6) is 0 Å². The number of aromatic nitrogens is 1. The molecular weight excluding hydrogens is 537 g/mol. The number of hydrogen-bond acceptors (Lipinski definition) is 7. The van der Waals surface area contributed by atoms with Crippen molar-refractivity contribution in [1.82, 2.24) is 25.0 Å². The maximum absolute atomic E-state index is 14.2. The van der Waals surface area contributed by atoms with Crippen molar-refractivity contribution in [3.63, 3.8) is 0 Å². The van der Waals surface area contributed by atoms with Crippen LogP contribution < -0.4 is 5.32 Å². The predicted octanol–water partition coefficient (Wildman–Crippen LogP) is 4.16. The molecule has 3 heterocycles. The zero-order chi connectivity index (χ0) is 29.7. The van der Waals surface area contributed by atoms with Crippen LogP contribution in [-0.2, 0) is 16.0 Å². The fraction of sp³-hybridized carbons (Fsp3) is 0.469. The monoisotopic (exact) mass is 577 g/mol. The van der Waals surface area contributed by atoms with E-state index in [1.165, 1.54) is 17.7 Å². The summed E-state index contributed by atoms with van der Waals surface area (Å²) < 4.78 is 25.1. The third-order valence-corrected chi connectivity index (χ3v) is 7.51. The van der Waals surface area contributed by atoms with E-state index in [1.54, 1.807) is 17.0 Å².